The molecule has 0 aromatic heterocycles. The number of likely N-dealkylation sites (tertiary alicyclic amines) is 1. The van der Waals surface area contributed by atoms with Gasteiger partial charge in [0.2, 0.25) is 11.8 Å². The number of carbonyl (C=O) groups is 4. The molecule has 1 saturated heterocycles. The van der Waals surface area contributed by atoms with Crippen molar-refractivity contribution in [3.63, 3.8) is 0 Å². The summed E-state index contributed by atoms with van der Waals surface area (Å²) >= 11 is 0. The number of carboxylic acids is 1. The maximum atomic E-state index is 12.4. The Morgan fingerprint density at radius 2 is 1.82 bits per heavy atom. The zero-order chi connectivity index (χ0) is 20.7. The first-order chi connectivity index (χ1) is 13.3. The summed E-state index contributed by atoms with van der Waals surface area (Å²) in [5, 5.41) is 9.12. The van der Waals surface area contributed by atoms with E-state index in [0.29, 0.717) is 24.9 Å². The smallest absolute Gasteiger partial charge is 0.308 e. The summed E-state index contributed by atoms with van der Waals surface area (Å²) in [6.07, 6.45) is 2.24. The molecule has 2 rings (SSSR count). The molecule has 0 aliphatic carbocycles. The Morgan fingerprint density at radius 1 is 1.14 bits per heavy atom. The molecule has 0 saturated carbocycles. The highest BCUT2D eigenvalue weighted by Crippen LogP contribution is 2.17. The quantitative estimate of drug-likeness (QED) is 0.687. The fraction of sp³-hybridized carbons (Fsp3) is 0.524. The van der Waals surface area contributed by atoms with Crippen molar-refractivity contribution in [2.75, 3.05) is 26.7 Å². The molecule has 0 radical (unpaired) electrons. The number of aryl methyl sites for hydroxylation is 1. The van der Waals surface area contributed by atoms with Gasteiger partial charge in [-0.05, 0) is 24.8 Å². The summed E-state index contributed by atoms with van der Waals surface area (Å²) in [6.45, 7) is 2.63. The third-order valence-electron chi connectivity index (χ3n) is 5.17. The van der Waals surface area contributed by atoms with Gasteiger partial charge in [0.05, 0.1) is 12.5 Å². The van der Waals surface area contributed by atoms with Gasteiger partial charge in [0, 0.05) is 38.5 Å². The number of hydrogen-bond donors (Lipinski definition) is 1. The molecule has 1 aromatic rings. The second-order valence-electron chi connectivity index (χ2n) is 7.24. The monoisotopic (exact) mass is 388 g/mol. The highest BCUT2D eigenvalue weighted by atomic mass is 16.4. The van der Waals surface area contributed by atoms with Crippen molar-refractivity contribution in [2.24, 2.45) is 5.92 Å². The van der Waals surface area contributed by atoms with E-state index in [4.69, 9.17) is 5.11 Å². The number of carbonyl (C=O) groups excluding carboxylic acids is 3. The zero-order valence-corrected chi connectivity index (χ0v) is 16.5. The van der Waals surface area contributed by atoms with Crippen LogP contribution < -0.4 is 0 Å². The van der Waals surface area contributed by atoms with Crippen LogP contribution in [0.2, 0.25) is 0 Å². The molecule has 0 spiro atoms. The second kappa shape index (κ2) is 10.0. The number of benzene rings is 1. The van der Waals surface area contributed by atoms with Crippen molar-refractivity contribution in [2.45, 2.75) is 39.0 Å². The van der Waals surface area contributed by atoms with E-state index in [-0.39, 0.29) is 43.5 Å². The minimum atomic E-state index is -0.896. The fourth-order valence-electron chi connectivity index (χ4n) is 3.28. The Balaban J connectivity index is 1.80. The Hall–Kier alpha value is -2.70. The van der Waals surface area contributed by atoms with Crippen molar-refractivity contribution in [3.8, 4) is 0 Å². The van der Waals surface area contributed by atoms with Crippen LogP contribution in [0.4, 0.5) is 0 Å². The molecule has 7 nitrogen and oxygen atoms in total. The number of nitrogens with zero attached hydrogens (tertiary/aromatic N) is 2. The maximum absolute atomic E-state index is 12.4. The number of hydrogen-bond acceptors (Lipinski definition) is 4. The molecule has 2 amide bonds. The lowest BCUT2D eigenvalue weighted by molar-refractivity contribution is -0.147. The van der Waals surface area contributed by atoms with Crippen LogP contribution in [-0.4, -0.2) is 65.2 Å². The number of Topliss-reactive ketones (excluding diaryl/α,β-unsaturated/α-hetero) is 1. The van der Waals surface area contributed by atoms with Gasteiger partial charge in [0.15, 0.2) is 5.78 Å². The first-order valence-electron chi connectivity index (χ1n) is 9.68. The summed E-state index contributed by atoms with van der Waals surface area (Å²) in [5.41, 5.74) is 1.73. The fourth-order valence-corrected chi connectivity index (χ4v) is 3.28. The van der Waals surface area contributed by atoms with Gasteiger partial charge in [-0.25, -0.2) is 0 Å². The average molecular weight is 388 g/mol. The van der Waals surface area contributed by atoms with Gasteiger partial charge in [0.25, 0.3) is 0 Å². The Morgan fingerprint density at radius 3 is 2.43 bits per heavy atom. The number of aliphatic carboxylic acids is 1. The molecule has 28 heavy (non-hydrogen) atoms. The van der Waals surface area contributed by atoms with E-state index >= 15 is 0 Å². The van der Waals surface area contributed by atoms with Gasteiger partial charge >= 0.3 is 5.97 Å². The zero-order valence-electron chi connectivity index (χ0n) is 16.5. The van der Waals surface area contributed by atoms with Crippen LogP contribution in [0.3, 0.4) is 0 Å². The number of piperidine rings is 1. The minimum absolute atomic E-state index is 0.0376. The van der Waals surface area contributed by atoms with Crippen molar-refractivity contribution in [3.05, 3.63) is 35.4 Å². The maximum Gasteiger partial charge on any atom is 0.308 e. The van der Waals surface area contributed by atoms with Gasteiger partial charge < -0.3 is 14.9 Å². The molecule has 1 N–H and O–H groups in total. The molecule has 1 heterocycles. The standard InChI is InChI=1S/C21H28N2O5/c1-3-15-6-8-16(9-7-15)18(24)10-11-19(25)22(2)14-20(26)23-12-4-5-17(13-23)21(27)28/h6-9,17H,3-5,10-14H2,1-2H3,(H,27,28). The molecule has 0 bridgehead atoms. The normalized spacial score (nSPS) is 16.5. The summed E-state index contributed by atoms with van der Waals surface area (Å²) < 4.78 is 0. The Labute approximate surface area is 165 Å². The van der Waals surface area contributed by atoms with Crippen molar-refractivity contribution >= 4 is 23.6 Å². The number of amides is 2. The first-order valence-corrected chi connectivity index (χ1v) is 9.68. The molecule has 1 aliphatic rings. The molecule has 1 atom stereocenters. The van der Waals surface area contributed by atoms with E-state index in [0.717, 1.165) is 12.0 Å². The van der Waals surface area contributed by atoms with E-state index < -0.39 is 11.9 Å². The topological polar surface area (TPSA) is 95.0 Å². The van der Waals surface area contributed by atoms with Gasteiger partial charge in [-0.3, -0.25) is 19.2 Å². The summed E-state index contributed by atoms with van der Waals surface area (Å²) in [7, 11) is 1.53. The largest absolute Gasteiger partial charge is 0.481 e. The molecular formula is C21H28N2O5. The first kappa shape index (κ1) is 21.6. The van der Waals surface area contributed by atoms with Crippen LogP contribution in [0, 0.1) is 5.92 Å². The highest BCUT2D eigenvalue weighted by Gasteiger charge is 2.29. The third-order valence-corrected chi connectivity index (χ3v) is 5.17. The van der Waals surface area contributed by atoms with Gasteiger partial charge in [0.1, 0.15) is 0 Å². The SMILES string of the molecule is CCc1ccc(C(=O)CCC(=O)N(C)CC(=O)N2CCCC(C(=O)O)C2)cc1. The van der Waals surface area contributed by atoms with Crippen LogP contribution in [0.15, 0.2) is 24.3 Å². The lowest BCUT2D eigenvalue weighted by atomic mass is 9.98. The second-order valence-corrected chi connectivity index (χ2v) is 7.24. The van der Waals surface area contributed by atoms with Crippen molar-refractivity contribution in [1.29, 1.82) is 0 Å². The van der Waals surface area contributed by atoms with Crippen LogP contribution in [-0.2, 0) is 20.8 Å². The summed E-state index contributed by atoms with van der Waals surface area (Å²) in [5.74, 6) is -2.08. The predicted octanol–water partition coefficient (Wildman–Crippen LogP) is 1.99. The number of rotatable bonds is 8. The van der Waals surface area contributed by atoms with Crippen LogP contribution in [0.25, 0.3) is 0 Å². The average Bonchev–Trinajstić information content (AvgIpc) is 2.71. The van der Waals surface area contributed by atoms with Crippen molar-refractivity contribution in [1.82, 2.24) is 9.80 Å². The molecular weight excluding hydrogens is 360 g/mol. The molecule has 1 aromatic carbocycles. The predicted molar refractivity (Wildman–Crippen MR) is 104 cm³/mol. The Kier molecular flexibility index (Phi) is 7.72. The lowest BCUT2D eigenvalue weighted by Crippen LogP contribution is -2.46. The van der Waals surface area contributed by atoms with Crippen molar-refractivity contribution < 1.29 is 24.3 Å². The number of carboxylic acid groups (broad SMARTS) is 1. The minimum Gasteiger partial charge on any atom is -0.481 e. The highest BCUT2D eigenvalue weighted by molar-refractivity contribution is 5.98. The van der Waals surface area contributed by atoms with Crippen LogP contribution in [0.5, 0.6) is 0 Å². The van der Waals surface area contributed by atoms with E-state index in [1.54, 1.807) is 12.1 Å². The number of likely N-dealkylation sites (N-methyl/N-ethyl adjacent to an activating group) is 1. The van der Waals surface area contributed by atoms with Gasteiger partial charge in [-0.1, -0.05) is 31.2 Å². The van der Waals surface area contributed by atoms with Crippen LogP contribution in [0.1, 0.15) is 48.5 Å². The van der Waals surface area contributed by atoms with Crippen LogP contribution >= 0.6 is 0 Å². The van der Waals surface area contributed by atoms with E-state index in [1.165, 1.54) is 16.8 Å². The molecule has 1 unspecified atom stereocenters. The molecule has 7 heteroatoms. The lowest BCUT2D eigenvalue weighted by Gasteiger charge is -2.32. The third kappa shape index (κ3) is 5.90. The molecule has 152 valence electrons. The van der Waals surface area contributed by atoms with E-state index in [9.17, 15) is 19.2 Å². The van der Waals surface area contributed by atoms with E-state index in [2.05, 4.69) is 0 Å². The van der Waals surface area contributed by atoms with Gasteiger partial charge in [-0.15, -0.1) is 0 Å². The Bertz CT molecular complexity index is 729. The molecule has 1 fully saturated rings. The van der Waals surface area contributed by atoms with Gasteiger partial charge in [-0.2, -0.15) is 0 Å². The molecule has 1 aliphatic heterocycles. The van der Waals surface area contributed by atoms with E-state index in [1.807, 2.05) is 19.1 Å². The number of ketones is 1. The summed E-state index contributed by atoms with van der Waals surface area (Å²) in [4.78, 5) is 50.8. The summed E-state index contributed by atoms with van der Waals surface area (Å²) in [6, 6.07) is 7.36.